The molecule has 1 amide bonds. The summed E-state index contributed by atoms with van der Waals surface area (Å²) in [6.45, 7) is 4.91. The van der Waals surface area contributed by atoms with Crippen molar-refractivity contribution < 1.29 is 14.3 Å². The highest BCUT2D eigenvalue weighted by Gasteiger charge is 2.24. The normalized spacial score (nSPS) is 18.8. The number of rotatable bonds is 4. The molecule has 2 aromatic rings. The van der Waals surface area contributed by atoms with Crippen molar-refractivity contribution in [1.82, 2.24) is 9.80 Å². The molecule has 1 atom stereocenters. The second kappa shape index (κ2) is 9.51. The van der Waals surface area contributed by atoms with E-state index < -0.39 is 0 Å². The number of carbonyl (C=O) groups excluding carboxylic acids is 1. The molecule has 2 aliphatic rings. The summed E-state index contributed by atoms with van der Waals surface area (Å²) in [5.74, 6) is 1.55. The van der Waals surface area contributed by atoms with E-state index in [2.05, 4.69) is 11.0 Å². The van der Waals surface area contributed by atoms with Gasteiger partial charge in [-0.25, -0.2) is 0 Å². The van der Waals surface area contributed by atoms with Crippen LogP contribution in [0.5, 0.6) is 5.75 Å². The smallest absolute Gasteiger partial charge is 0.253 e. The van der Waals surface area contributed by atoms with Crippen LogP contribution in [0.25, 0.3) is 5.76 Å². The van der Waals surface area contributed by atoms with Crippen molar-refractivity contribution >= 4 is 40.6 Å². The van der Waals surface area contributed by atoms with E-state index in [0.29, 0.717) is 28.7 Å². The van der Waals surface area contributed by atoms with Gasteiger partial charge in [-0.2, -0.15) is 0 Å². The summed E-state index contributed by atoms with van der Waals surface area (Å²) in [6, 6.07) is 11.2. The first-order valence-electron chi connectivity index (χ1n) is 10.7. The highest BCUT2D eigenvalue weighted by Crippen LogP contribution is 2.35. The quantitative estimate of drug-likeness (QED) is 0.624. The predicted molar refractivity (Wildman–Crippen MR) is 128 cm³/mol. The van der Waals surface area contributed by atoms with E-state index in [1.54, 1.807) is 25.3 Å². The van der Waals surface area contributed by atoms with Crippen molar-refractivity contribution in [2.75, 3.05) is 45.2 Å². The molecule has 1 saturated heterocycles. The van der Waals surface area contributed by atoms with Gasteiger partial charge in [-0.1, -0.05) is 23.2 Å². The molecule has 0 saturated carbocycles. The molecule has 0 radical (unpaired) electrons. The summed E-state index contributed by atoms with van der Waals surface area (Å²) in [7, 11) is 3.66. The molecular formula is C24H27Cl2N3O3. The van der Waals surface area contributed by atoms with Crippen molar-refractivity contribution in [2.24, 2.45) is 0 Å². The minimum atomic E-state index is -0.0260. The van der Waals surface area contributed by atoms with E-state index in [9.17, 15) is 4.79 Å². The van der Waals surface area contributed by atoms with Crippen molar-refractivity contribution in [1.29, 1.82) is 0 Å². The summed E-state index contributed by atoms with van der Waals surface area (Å²) >= 11 is 12.1. The number of methoxy groups -OCH3 is 1. The van der Waals surface area contributed by atoms with E-state index >= 15 is 0 Å². The Morgan fingerprint density at radius 3 is 2.56 bits per heavy atom. The summed E-state index contributed by atoms with van der Waals surface area (Å²) in [5.41, 5.74) is 2.55. The maximum absolute atomic E-state index is 13.0. The first kappa shape index (κ1) is 22.6. The zero-order valence-corrected chi connectivity index (χ0v) is 20.0. The van der Waals surface area contributed by atoms with Crippen LogP contribution in [0.1, 0.15) is 29.3 Å². The summed E-state index contributed by atoms with van der Waals surface area (Å²) in [5, 5.41) is 0.839. The Morgan fingerprint density at radius 1 is 1.06 bits per heavy atom. The van der Waals surface area contributed by atoms with E-state index in [1.807, 2.05) is 42.1 Å². The Kier molecular flexibility index (Phi) is 6.72. The summed E-state index contributed by atoms with van der Waals surface area (Å²) < 4.78 is 11.6. The van der Waals surface area contributed by atoms with Crippen LogP contribution in [0.2, 0.25) is 10.0 Å². The number of nitrogens with zero attached hydrogens (tertiary/aromatic N) is 3. The van der Waals surface area contributed by atoms with Gasteiger partial charge in [0.2, 0.25) is 0 Å². The lowest BCUT2D eigenvalue weighted by Gasteiger charge is -2.25. The lowest BCUT2D eigenvalue weighted by Crippen LogP contribution is -2.35. The minimum absolute atomic E-state index is 0.000897. The lowest BCUT2D eigenvalue weighted by atomic mass is 10.1. The molecule has 8 heteroatoms. The highest BCUT2D eigenvalue weighted by atomic mass is 35.5. The maximum Gasteiger partial charge on any atom is 0.253 e. The van der Waals surface area contributed by atoms with Crippen LogP contribution in [-0.4, -0.2) is 62.3 Å². The molecule has 6 nitrogen and oxygen atoms in total. The van der Waals surface area contributed by atoms with Gasteiger partial charge in [0.1, 0.15) is 11.5 Å². The molecule has 4 rings (SSSR count). The van der Waals surface area contributed by atoms with Gasteiger partial charge in [0, 0.05) is 56.7 Å². The SMILES string of the molecule is COc1cc(N2CCCN(C(=O)c3ccc(Cl)c(Cl)c3)CC2)ccc1C1=CN(C)C(C)O1. The largest absolute Gasteiger partial charge is 0.496 e. The van der Waals surface area contributed by atoms with Crippen LogP contribution in [-0.2, 0) is 4.74 Å². The highest BCUT2D eigenvalue weighted by molar-refractivity contribution is 6.42. The standard InChI is InChI=1S/C24H27Cl2N3O3/c1-16-27(2)15-23(32-16)19-7-6-18(14-22(19)31-3)28-9-4-10-29(12-11-28)24(30)17-5-8-20(25)21(26)13-17/h5-8,13-16H,4,9-12H2,1-3H3. The summed E-state index contributed by atoms with van der Waals surface area (Å²) in [6.07, 6.45) is 2.85. The Hall–Kier alpha value is -2.57. The van der Waals surface area contributed by atoms with Gasteiger partial charge in [0.05, 0.1) is 22.7 Å². The molecule has 1 unspecified atom stereocenters. The maximum atomic E-state index is 13.0. The Labute approximate surface area is 198 Å². The third-order valence-electron chi connectivity index (χ3n) is 5.96. The molecule has 0 aliphatic carbocycles. The number of halogens is 2. The molecule has 170 valence electrons. The van der Waals surface area contributed by atoms with Gasteiger partial charge in [-0.15, -0.1) is 0 Å². The molecule has 2 aromatic carbocycles. The predicted octanol–water partition coefficient (Wildman–Crippen LogP) is 4.96. The van der Waals surface area contributed by atoms with Crippen molar-refractivity contribution in [3.63, 3.8) is 0 Å². The third kappa shape index (κ3) is 4.62. The first-order valence-corrected chi connectivity index (χ1v) is 11.4. The average molecular weight is 476 g/mol. The van der Waals surface area contributed by atoms with E-state index in [0.717, 1.165) is 42.3 Å². The molecule has 0 spiro atoms. The van der Waals surface area contributed by atoms with E-state index in [1.165, 1.54) is 0 Å². The van der Waals surface area contributed by atoms with Crippen molar-refractivity contribution in [3.8, 4) is 5.75 Å². The lowest BCUT2D eigenvalue weighted by molar-refractivity contribution is 0.0767. The molecule has 1 fully saturated rings. The van der Waals surface area contributed by atoms with Gasteiger partial charge in [0.15, 0.2) is 6.23 Å². The average Bonchev–Trinajstić information content (AvgIpc) is 2.98. The van der Waals surface area contributed by atoms with Gasteiger partial charge >= 0.3 is 0 Å². The fourth-order valence-corrected chi connectivity index (χ4v) is 4.29. The zero-order chi connectivity index (χ0) is 22.8. The van der Waals surface area contributed by atoms with Gasteiger partial charge in [0.25, 0.3) is 5.91 Å². The molecule has 0 N–H and O–H groups in total. The van der Waals surface area contributed by atoms with Gasteiger partial charge < -0.3 is 24.2 Å². The molecule has 0 aromatic heterocycles. The van der Waals surface area contributed by atoms with Crippen molar-refractivity contribution in [2.45, 2.75) is 19.6 Å². The molecular weight excluding hydrogens is 449 g/mol. The number of amides is 1. The Morgan fingerprint density at radius 2 is 1.88 bits per heavy atom. The van der Waals surface area contributed by atoms with Crippen LogP contribution in [0.3, 0.4) is 0 Å². The number of ether oxygens (including phenoxy) is 2. The Balaban J connectivity index is 1.48. The molecule has 0 bridgehead atoms. The monoisotopic (exact) mass is 475 g/mol. The third-order valence-corrected chi connectivity index (χ3v) is 6.70. The second-order valence-corrected chi connectivity index (χ2v) is 8.84. The van der Waals surface area contributed by atoms with Crippen LogP contribution in [0, 0.1) is 0 Å². The number of carbonyl (C=O) groups is 1. The number of anilines is 1. The zero-order valence-electron chi connectivity index (χ0n) is 18.5. The van der Waals surface area contributed by atoms with E-state index in [4.69, 9.17) is 32.7 Å². The molecule has 32 heavy (non-hydrogen) atoms. The summed E-state index contributed by atoms with van der Waals surface area (Å²) in [4.78, 5) is 19.1. The second-order valence-electron chi connectivity index (χ2n) is 8.02. The Bertz CT molecular complexity index is 1040. The van der Waals surface area contributed by atoms with Crippen LogP contribution in [0.4, 0.5) is 5.69 Å². The molecule has 2 heterocycles. The minimum Gasteiger partial charge on any atom is -0.496 e. The molecule has 2 aliphatic heterocycles. The number of hydrogen-bond donors (Lipinski definition) is 0. The fourth-order valence-electron chi connectivity index (χ4n) is 3.99. The topological polar surface area (TPSA) is 45.2 Å². The number of benzene rings is 2. The van der Waals surface area contributed by atoms with Crippen LogP contribution in [0.15, 0.2) is 42.6 Å². The van der Waals surface area contributed by atoms with Gasteiger partial charge in [-0.3, -0.25) is 4.79 Å². The first-order chi connectivity index (χ1) is 15.4. The van der Waals surface area contributed by atoms with Crippen molar-refractivity contribution in [3.05, 3.63) is 63.8 Å². The van der Waals surface area contributed by atoms with Crippen LogP contribution >= 0.6 is 23.2 Å². The number of hydrogen-bond acceptors (Lipinski definition) is 5. The van der Waals surface area contributed by atoms with E-state index in [-0.39, 0.29) is 12.1 Å². The van der Waals surface area contributed by atoms with Gasteiger partial charge in [-0.05, 0) is 43.7 Å². The van der Waals surface area contributed by atoms with Crippen LogP contribution < -0.4 is 9.64 Å². The fraction of sp³-hybridized carbons (Fsp3) is 0.375.